The Morgan fingerprint density at radius 3 is 2.86 bits per heavy atom. The third kappa shape index (κ3) is 1.55. The summed E-state index contributed by atoms with van der Waals surface area (Å²) >= 11 is 5.24. The average Bonchev–Trinajstić information content (AvgIpc) is 2.63. The molecule has 0 radical (unpaired) electrons. The average molecular weight is 271 g/mol. The first-order valence-electron chi connectivity index (χ1n) is 4.51. The van der Waals surface area contributed by atoms with Crippen LogP contribution in [0.15, 0.2) is 22.7 Å². The van der Waals surface area contributed by atoms with Gasteiger partial charge < -0.3 is 4.74 Å². The van der Waals surface area contributed by atoms with Gasteiger partial charge in [-0.2, -0.15) is 0 Å². The van der Waals surface area contributed by atoms with E-state index in [1.54, 1.807) is 18.4 Å². The van der Waals surface area contributed by atoms with Crippen molar-refractivity contribution in [3.05, 3.63) is 28.2 Å². The van der Waals surface area contributed by atoms with E-state index in [-0.39, 0.29) is 0 Å². The van der Waals surface area contributed by atoms with Crippen LogP contribution in [0.1, 0.15) is 12.5 Å². The quantitative estimate of drug-likeness (QED) is 0.794. The number of methoxy groups -OCH3 is 1. The first-order valence-corrected chi connectivity index (χ1v) is 6.12. The summed E-state index contributed by atoms with van der Waals surface area (Å²) in [6.45, 7) is 2.17. The standard InChI is InChI=1S/C11H11BrOS/c1-3-7-4-5-9(12)11-8(7)6-10(13-2)14-11/h4-6H,3H2,1-2H3. The lowest BCUT2D eigenvalue weighted by Crippen LogP contribution is -1.80. The summed E-state index contributed by atoms with van der Waals surface area (Å²) in [4.78, 5) is 0. The second-order valence-electron chi connectivity index (χ2n) is 3.07. The highest BCUT2D eigenvalue weighted by Gasteiger charge is 2.08. The van der Waals surface area contributed by atoms with Crippen LogP contribution in [0, 0.1) is 0 Å². The van der Waals surface area contributed by atoms with Crippen molar-refractivity contribution < 1.29 is 4.74 Å². The fraction of sp³-hybridized carbons (Fsp3) is 0.273. The lowest BCUT2D eigenvalue weighted by Gasteiger charge is -1.99. The van der Waals surface area contributed by atoms with E-state index in [2.05, 4.69) is 41.1 Å². The Kier molecular flexibility index (Phi) is 2.79. The van der Waals surface area contributed by atoms with E-state index in [9.17, 15) is 0 Å². The molecule has 3 heteroatoms. The molecular weight excluding hydrogens is 260 g/mol. The number of hydrogen-bond donors (Lipinski definition) is 0. The van der Waals surface area contributed by atoms with Gasteiger partial charge in [-0.05, 0) is 40.0 Å². The van der Waals surface area contributed by atoms with Crippen LogP contribution in [0.5, 0.6) is 5.06 Å². The van der Waals surface area contributed by atoms with Crippen LogP contribution in [0.4, 0.5) is 0 Å². The molecule has 0 spiro atoms. The summed E-state index contributed by atoms with van der Waals surface area (Å²) in [5.41, 5.74) is 1.38. The molecule has 0 unspecified atom stereocenters. The Hall–Kier alpha value is -0.540. The monoisotopic (exact) mass is 270 g/mol. The highest BCUT2D eigenvalue weighted by atomic mass is 79.9. The van der Waals surface area contributed by atoms with E-state index in [1.807, 2.05) is 0 Å². The molecule has 14 heavy (non-hydrogen) atoms. The summed E-state index contributed by atoms with van der Waals surface area (Å²) in [6, 6.07) is 6.39. The molecule has 0 amide bonds. The molecule has 0 bridgehead atoms. The van der Waals surface area contributed by atoms with E-state index in [0.29, 0.717) is 0 Å². The molecule has 0 aliphatic carbocycles. The van der Waals surface area contributed by atoms with Crippen molar-refractivity contribution in [2.75, 3.05) is 7.11 Å². The lowest BCUT2D eigenvalue weighted by atomic mass is 10.1. The molecule has 1 aromatic heterocycles. The highest BCUT2D eigenvalue weighted by Crippen LogP contribution is 2.38. The van der Waals surface area contributed by atoms with Crippen molar-refractivity contribution in [1.29, 1.82) is 0 Å². The van der Waals surface area contributed by atoms with Gasteiger partial charge in [-0.25, -0.2) is 0 Å². The van der Waals surface area contributed by atoms with E-state index in [0.717, 1.165) is 16.0 Å². The van der Waals surface area contributed by atoms with Crippen molar-refractivity contribution in [1.82, 2.24) is 0 Å². The third-order valence-electron chi connectivity index (χ3n) is 2.29. The Morgan fingerprint density at radius 1 is 1.43 bits per heavy atom. The lowest BCUT2D eigenvalue weighted by molar-refractivity contribution is 0.427. The summed E-state index contributed by atoms with van der Waals surface area (Å²) in [5.74, 6) is 0. The number of halogens is 1. The van der Waals surface area contributed by atoms with Crippen LogP contribution in [-0.2, 0) is 6.42 Å². The van der Waals surface area contributed by atoms with Gasteiger partial charge in [0.05, 0.1) is 11.8 Å². The molecule has 0 atom stereocenters. The molecule has 1 aromatic carbocycles. The van der Waals surface area contributed by atoms with E-state index < -0.39 is 0 Å². The smallest absolute Gasteiger partial charge is 0.174 e. The van der Waals surface area contributed by atoms with Gasteiger partial charge >= 0.3 is 0 Å². The zero-order valence-electron chi connectivity index (χ0n) is 8.13. The number of rotatable bonds is 2. The number of hydrogen-bond acceptors (Lipinski definition) is 2. The maximum absolute atomic E-state index is 5.25. The number of ether oxygens (including phenoxy) is 1. The zero-order valence-corrected chi connectivity index (χ0v) is 10.5. The molecule has 0 aliphatic rings. The molecule has 1 heterocycles. The molecule has 0 saturated carbocycles. The molecule has 1 nitrogen and oxygen atoms in total. The normalized spacial score (nSPS) is 10.8. The topological polar surface area (TPSA) is 9.23 Å². The second-order valence-corrected chi connectivity index (χ2v) is 4.94. The predicted octanol–water partition coefficient (Wildman–Crippen LogP) is 4.23. The maximum Gasteiger partial charge on any atom is 0.174 e. The Bertz CT molecular complexity index is 462. The van der Waals surface area contributed by atoms with E-state index in [4.69, 9.17) is 4.74 Å². The second kappa shape index (κ2) is 3.91. The van der Waals surface area contributed by atoms with Gasteiger partial charge in [-0.3, -0.25) is 0 Å². The highest BCUT2D eigenvalue weighted by molar-refractivity contribution is 9.10. The van der Waals surface area contributed by atoms with Crippen molar-refractivity contribution in [3.8, 4) is 5.06 Å². The van der Waals surface area contributed by atoms with Gasteiger partial charge in [0, 0.05) is 9.86 Å². The predicted molar refractivity (Wildman–Crippen MR) is 65.5 cm³/mol. The number of fused-ring (bicyclic) bond motifs is 1. The zero-order chi connectivity index (χ0) is 10.1. The molecular formula is C11H11BrOS. The van der Waals surface area contributed by atoms with Crippen LogP contribution < -0.4 is 4.74 Å². The van der Waals surface area contributed by atoms with Crippen molar-refractivity contribution in [3.63, 3.8) is 0 Å². The van der Waals surface area contributed by atoms with Crippen LogP contribution >= 0.6 is 27.3 Å². The number of thiophene rings is 1. The van der Waals surface area contributed by atoms with Crippen molar-refractivity contribution in [2.24, 2.45) is 0 Å². The molecule has 2 rings (SSSR count). The fourth-order valence-corrected chi connectivity index (χ4v) is 3.05. The Morgan fingerprint density at radius 2 is 2.21 bits per heavy atom. The summed E-state index contributed by atoms with van der Waals surface area (Å²) in [5, 5.41) is 2.28. The van der Waals surface area contributed by atoms with Gasteiger partial charge in [0.1, 0.15) is 0 Å². The molecule has 74 valence electrons. The van der Waals surface area contributed by atoms with Crippen LogP contribution in [0.2, 0.25) is 0 Å². The minimum Gasteiger partial charge on any atom is -0.487 e. The first kappa shape index (κ1) is 9.99. The number of benzene rings is 1. The minimum atomic E-state index is 0.974. The molecule has 0 aliphatic heterocycles. The van der Waals surface area contributed by atoms with Crippen LogP contribution in [-0.4, -0.2) is 7.11 Å². The molecule has 0 saturated heterocycles. The van der Waals surface area contributed by atoms with Gasteiger partial charge in [0.15, 0.2) is 5.06 Å². The largest absolute Gasteiger partial charge is 0.487 e. The molecule has 2 aromatic rings. The first-order chi connectivity index (χ1) is 6.76. The summed E-state index contributed by atoms with van der Waals surface area (Å²) in [6.07, 6.45) is 1.06. The van der Waals surface area contributed by atoms with E-state index in [1.165, 1.54) is 15.6 Å². The van der Waals surface area contributed by atoms with E-state index >= 15 is 0 Å². The van der Waals surface area contributed by atoms with Crippen molar-refractivity contribution >= 4 is 37.4 Å². The van der Waals surface area contributed by atoms with Crippen LogP contribution in [0.3, 0.4) is 0 Å². The van der Waals surface area contributed by atoms with Gasteiger partial charge in [0.25, 0.3) is 0 Å². The van der Waals surface area contributed by atoms with Crippen molar-refractivity contribution in [2.45, 2.75) is 13.3 Å². The summed E-state index contributed by atoms with van der Waals surface area (Å²) < 4.78 is 7.68. The SMILES string of the molecule is CCc1ccc(Br)c2sc(OC)cc12. The van der Waals surface area contributed by atoms with Gasteiger partial charge in [-0.15, -0.1) is 0 Å². The number of aryl methyl sites for hydroxylation is 1. The summed E-state index contributed by atoms with van der Waals surface area (Å²) in [7, 11) is 1.71. The fourth-order valence-electron chi connectivity index (χ4n) is 1.53. The van der Waals surface area contributed by atoms with Gasteiger partial charge in [-0.1, -0.05) is 24.3 Å². The molecule has 0 N–H and O–H groups in total. The van der Waals surface area contributed by atoms with Crippen LogP contribution in [0.25, 0.3) is 10.1 Å². The Labute approximate surface area is 95.8 Å². The minimum absolute atomic E-state index is 0.974. The third-order valence-corrected chi connectivity index (χ3v) is 4.34. The van der Waals surface area contributed by atoms with Gasteiger partial charge in [0.2, 0.25) is 0 Å². The maximum atomic E-state index is 5.25. The molecule has 0 fully saturated rings. The Balaban J connectivity index is 2.74.